The summed E-state index contributed by atoms with van der Waals surface area (Å²) in [7, 11) is 0. The monoisotopic (exact) mass is 299 g/mol. The summed E-state index contributed by atoms with van der Waals surface area (Å²) < 4.78 is 0. The third-order valence-electron chi connectivity index (χ3n) is 3.65. The molecule has 4 N–H and O–H groups in total. The lowest BCUT2D eigenvalue weighted by Gasteiger charge is -2.10. The lowest BCUT2D eigenvalue weighted by molar-refractivity contribution is 0.827. The third-order valence-corrected chi connectivity index (χ3v) is 3.65. The fraction of sp³-hybridized carbons (Fsp3) is 0.412. The molecule has 0 bridgehead atoms. The van der Waals surface area contributed by atoms with E-state index in [1.165, 1.54) is 11.1 Å². The normalized spacial score (nSPS) is 11.9. The summed E-state index contributed by atoms with van der Waals surface area (Å²) in [5.74, 6) is 0.961. The van der Waals surface area contributed by atoms with Crippen LogP contribution in [-0.2, 0) is 6.42 Å². The van der Waals surface area contributed by atoms with E-state index >= 15 is 0 Å². The highest BCUT2D eigenvalue weighted by Crippen LogP contribution is 2.18. The standard InChI is InChI=1S/C17H25N5/c1-12(2)14-6-4-8-16(10-14)21-17(18)19-9-5-7-15-11-20-22-13(15)3/h4,6,8,10-12H,5,7,9H2,1-3H3,(H,20,22)(H3,18,19,21). The number of aromatic nitrogens is 2. The maximum atomic E-state index is 5.94. The quantitative estimate of drug-likeness (QED) is 0.435. The van der Waals surface area contributed by atoms with Gasteiger partial charge in [0.25, 0.3) is 0 Å². The molecule has 1 aromatic carbocycles. The van der Waals surface area contributed by atoms with Gasteiger partial charge in [0.1, 0.15) is 0 Å². The van der Waals surface area contributed by atoms with E-state index in [0.717, 1.165) is 24.2 Å². The number of anilines is 1. The number of aryl methyl sites for hydroxylation is 2. The Morgan fingerprint density at radius 1 is 1.41 bits per heavy atom. The molecule has 2 aromatic rings. The van der Waals surface area contributed by atoms with Crippen molar-refractivity contribution >= 4 is 11.6 Å². The molecule has 22 heavy (non-hydrogen) atoms. The predicted octanol–water partition coefficient (Wildman–Crippen LogP) is 3.20. The summed E-state index contributed by atoms with van der Waals surface area (Å²) >= 11 is 0. The molecule has 0 aliphatic heterocycles. The second-order valence-electron chi connectivity index (χ2n) is 5.80. The fourth-order valence-electron chi connectivity index (χ4n) is 2.26. The van der Waals surface area contributed by atoms with Gasteiger partial charge in [-0.15, -0.1) is 0 Å². The summed E-state index contributed by atoms with van der Waals surface area (Å²) in [6, 6.07) is 8.27. The van der Waals surface area contributed by atoms with Gasteiger partial charge in [-0.05, 0) is 48.9 Å². The Bertz CT molecular complexity index is 627. The zero-order chi connectivity index (χ0) is 15.9. The van der Waals surface area contributed by atoms with Crippen LogP contribution in [0, 0.1) is 6.92 Å². The lowest BCUT2D eigenvalue weighted by Crippen LogP contribution is -2.23. The van der Waals surface area contributed by atoms with Crippen LogP contribution in [0.2, 0.25) is 0 Å². The highest BCUT2D eigenvalue weighted by Gasteiger charge is 2.02. The zero-order valence-electron chi connectivity index (χ0n) is 13.6. The molecular weight excluding hydrogens is 274 g/mol. The van der Waals surface area contributed by atoms with Crippen LogP contribution < -0.4 is 11.1 Å². The van der Waals surface area contributed by atoms with Gasteiger partial charge in [0.2, 0.25) is 0 Å². The molecule has 0 aliphatic rings. The van der Waals surface area contributed by atoms with Gasteiger partial charge in [-0.2, -0.15) is 5.10 Å². The molecule has 0 radical (unpaired) electrons. The predicted molar refractivity (Wildman–Crippen MR) is 92.3 cm³/mol. The first kappa shape index (κ1) is 16.1. The van der Waals surface area contributed by atoms with E-state index in [-0.39, 0.29) is 0 Å². The summed E-state index contributed by atoms with van der Waals surface area (Å²) in [5.41, 5.74) is 10.6. The number of nitrogens with one attached hydrogen (secondary N) is 2. The average molecular weight is 299 g/mol. The lowest BCUT2D eigenvalue weighted by atomic mass is 10.0. The SMILES string of the molecule is Cc1[nH]ncc1CCCN=C(N)Nc1cccc(C(C)C)c1. The van der Waals surface area contributed by atoms with Crippen molar-refractivity contribution in [3.63, 3.8) is 0 Å². The van der Waals surface area contributed by atoms with Crippen molar-refractivity contribution in [2.45, 2.75) is 39.5 Å². The van der Waals surface area contributed by atoms with Crippen LogP contribution in [0.4, 0.5) is 5.69 Å². The van der Waals surface area contributed by atoms with Crippen molar-refractivity contribution in [2.75, 3.05) is 11.9 Å². The first-order valence-electron chi connectivity index (χ1n) is 7.72. The molecule has 0 saturated carbocycles. The van der Waals surface area contributed by atoms with Crippen LogP contribution in [0.25, 0.3) is 0 Å². The number of hydrogen-bond donors (Lipinski definition) is 3. The fourth-order valence-corrected chi connectivity index (χ4v) is 2.26. The van der Waals surface area contributed by atoms with Crippen molar-refractivity contribution < 1.29 is 0 Å². The first-order valence-corrected chi connectivity index (χ1v) is 7.72. The highest BCUT2D eigenvalue weighted by molar-refractivity contribution is 5.92. The molecule has 0 atom stereocenters. The van der Waals surface area contributed by atoms with Gasteiger partial charge in [-0.1, -0.05) is 26.0 Å². The van der Waals surface area contributed by atoms with Crippen molar-refractivity contribution in [1.82, 2.24) is 10.2 Å². The number of nitrogens with zero attached hydrogens (tertiary/aromatic N) is 2. The molecule has 2 rings (SSSR count). The molecule has 0 aliphatic carbocycles. The summed E-state index contributed by atoms with van der Waals surface area (Å²) in [6.07, 6.45) is 3.79. The number of H-pyrrole nitrogens is 1. The van der Waals surface area contributed by atoms with Crippen LogP contribution in [0.1, 0.15) is 43.0 Å². The minimum atomic E-state index is 0.463. The molecular formula is C17H25N5. The number of guanidine groups is 1. The van der Waals surface area contributed by atoms with Crippen LogP contribution in [0.15, 0.2) is 35.5 Å². The average Bonchev–Trinajstić information content (AvgIpc) is 2.89. The van der Waals surface area contributed by atoms with Gasteiger partial charge in [-0.25, -0.2) is 0 Å². The minimum absolute atomic E-state index is 0.463. The third kappa shape index (κ3) is 4.62. The Kier molecular flexibility index (Phi) is 5.58. The van der Waals surface area contributed by atoms with Crippen molar-refractivity contribution in [2.24, 2.45) is 10.7 Å². The van der Waals surface area contributed by atoms with E-state index in [1.807, 2.05) is 25.3 Å². The molecule has 0 amide bonds. The smallest absolute Gasteiger partial charge is 0.193 e. The molecule has 5 heteroatoms. The van der Waals surface area contributed by atoms with Crippen molar-refractivity contribution in [3.05, 3.63) is 47.3 Å². The summed E-state index contributed by atoms with van der Waals surface area (Å²) in [4.78, 5) is 4.38. The van der Waals surface area contributed by atoms with Crippen LogP contribution >= 0.6 is 0 Å². The van der Waals surface area contributed by atoms with Gasteiger partial charge < -0.3 is 11.1 Å². The molecule has 0 saturated heterocycles. The molecule has 0 unspecified atom stereocenters. The number of aromatic amines is 1. The van der Waals surface area contributed by atoms with E-state index < -0.39 is 0 Å². The molecule has 1 heterocycles. The Labute approximate surface area is 132 Å². The Balaban J connectivity index is 1.82. The van der Waals surface area contributed by atoms with E-state index in [9.17, 15) is 0 Å². The topological polar surface area (TPSA) is 79.1 Å². The largest absolute Gasteiger partial charge is 0.370 e. The minimum Gasteiger partial charge on any atom is -0.370 e. The highest BCUT2D eigenvalue weighted by atomic mass is 15.1. The second-order valence-corrected chi connectivity index (χ2v) is 5.80. The van der Waals surface area contributed by atoms with Gasteiger partial charge in [0, 0.05) is 17.9 Å². The van der Waals surface area contributed by atoms with Crippen molar-refractivity contribution in [1.29, 1.82) is 0 Å². The van der Waals surface area contributed by atoms with Gasteiger partial charge in [0.05, 0.1) is 6.20 Å². The Morgan fingerprint density at radius 3 is 2.91 bits per heavy atom. The van der Waals surface area contributed by atoms with E-state index in [0.29, 0.717) is 18.4 Å². The van der Waals surface area contributed by atoms with Crippen molar-refractivity contribution in [3.8, 4) is 0 Å². The molecule has 1 aromatic heterocycles. The maximum absolute atomic E-state index is 5.94. The molecule has 5 nitrogen and oxygen atoms in total. The Morgan fingerprint density at radius 2 is 2.23 bits per heavy atom. The van der Waals surface area contributed by atoms with Gasteiger partial charge in [0.15, 0.2) is 5.96 Å². The van der Waals surface area contributed by atoms with E-state index in [1.54, 1.807) is 0 Å². The van der Waals surface area contributed by atoms with E-state index in [2.05, 4.69) is 46.5 Å². The molecule has 0 fully saturated rings. The van der Waals surface area contributed by atoms with Crippen LogP contribution in [0.5, 0.6) is 0 Å². The second kappa shape index (κ2) is 7.64. The van der Waals surface area contributed by atoms with E-state index in [4.69, 9.17) is 5.73 Å². The van der Waals surface area contributed by atoms with Crippen LogP contribution in [-0.4, -0.2) is 22.7 Å². The number of benzene rings is 1. The molecule has 118 valence electrons. The summed E-state index contributed by atoms with van der Waals surface area (Å²) in [6.45, 7) is 7.08. The Hall–Kier alpha value is -2.30. The number of aliphatic imine (C=N–C) groups is 1. The maximum Gasteiger partial charge on any atom is 0.193 e. The van der Waals surface area contributed by atoms with Gasteiger partial charge in [-0.3, -0.25) is 10.1 Å². The van der Waals surface area contributed by atoms with Crippen LogP contribution in [0.3, 0.4) is 0 Å². The number of rotatable bonds is 6. The summed E-state index contributed by atoms with van der Waals surface area (Å²) in [5, 5.41) is 10.1. The first-order chi connectivity index (χ1) is 10.6. The number of nitrogens with two attached hydrogens (primary N) is 1. The molecule has 0 spiro atoms. The zero-order valence-corrected chi connectivity index (χ0v) is 13.6. The number of hydrogen-bond acceptors (Lipinski definition) is 2. The van der Waals surface area contributed by atoms with Gasteiger partial charge >= 0.3 is 0 Å².